The van der Waals surface area contributed by atoms with Gasteiger partial charge >= 0.3 is 0 Å². The first-order chi connectivity index (χ1) is 8.41. The Balaban J connectivity index is 3.86. The third-order valence-corrected chi connectivity index (χ3v) is 2.87. The molecule has 1 nitrogen and oxygen atoms in total. The van der Waals surface area contributed by atoms with Gasteiger partial charge < -0.3 is 0 Å². The van der Waals surface area contributed by atoms with Crippen LogP contribution in [0.3, 0.4) is 0 Å². The molecule has 0 aromatic heterocycles. The summed E-state index contributed by atoms with van der Waals surface area (Å²) in [6.45, 7) is 10.2. The lowest BCUT2D eigenvalue weighted by Crippen LogP contribution is -1.91. The molecule has 0 radical (unpaired) electrons. The number of carbonyl (C=O) groups excluding carboxylic acids is 1. The predicted octanol–water partition coefficient (Wildman–Crippen LogP) is 5.24. The Morgan fingerprint density at radius 1 is 1.06 bits per heavy atom. The zero-order chi connectivity index (χ0) is 14.0. The molecular formula is C17H28O. The summed E-state index contributed by atoms with van der Waals surface area (Å²) >= 11 is 0. The fraction of sp³-hybridized carbons (Fsp3) is 0.588. The minimum absolute atomic E-state index is 0.135. The monoisotopic (exact) mass is 248 g/mol. The van der Waals surface area contributed by atoms with Crippen LogP contribution in [0.4, 0.5) is 0 Å². The van der Waals surface area contributed by atoms with Crippen LogP contribution in [0.1, 0.15) is 60.3 Å². The highest BCUT2D eigenvalue weighted by Gasteiger charge is 1.96. The molecule has 1 unspecified atom stereocenters. The Labute approximate surface area is 113 Å². The van der Waals surface area contributed by atoms with Crippen molar-refractivity contribution in [2.75, 3.05) is 0 Å². The maximum Gasteiger partial charge on any atom is 0.152 e. The van der Waals surface area contributed by atoms with Crippen LogP contribution in [-0.2, 0) is 4.79 Å². The maximum absolute atomic E-state index is 10.8. The third kappa shape index (κ3) is 11.4. The maximum atomic E-state index is 10.8. The van der Waals surface area contributed by atoms with Gasteiger partial charge in [-0.3, -0.25) is 4.79 Å². The molecule has 0 saturated heterocycles. The summed E-state index contributed by atoms with van der Waals surface area (Å²) in [5.74, 6) is 0.617. The van der Waals surface area contributed by atoms with Crippen molar-refractivity contribution in [1.29, 1.82) is 0 Å². The molecule has 0 fully saturated rings. The van der Waals surface area contributed by atoms with Crippen LogP contribution in [-0.4, -0.2) is 5.78 Å². The van der Waals surface area contributed by atoms with E-state index in [1.807, 2.05) is 6.08 Å². The van der Waals surface area contributed by atoms with Gasteiger partial charge in [-0.2, -0.15) is 0 Å². The zero-order valence-corrected chi connectivity index (χ0v) is 12.6. The topological polar surface area (TPSA) is 17.1 Å². The van der Waals surface area contributed by atoms with Gasteiger partial charge in [0.2, 0.25) is 0 Å². The minimum atomic E-state index is 0.135. The van der Waals surface area contributed by atoms with E-state index < -0.39 is 0 Å². The first-order valence-corrected chi connectivity index (χ1v) is 6.89. The summed E-state index contributed by atoms with van der Waals surface area (Å²) in [7, 11) is 0. The van der Waals surface area contributed by atoms with E-state index in [0.717, 1.165) is 25.7 Å². The Morgan fingerprint density at radius 3 is 2.28 bits per heavy atom. The lowest BCUT2D eigenvalue weighted by atomic mass is 10.0. The van der Waals surface area contributed by atoms with Gasteiger partial charge in [0.1, 0.15) is 0 Å². The van der Waals surface area contributed by atoms with Crippen LogP contribution in [0.5, 0.6) is 0 Å². The molecule has 0 aliphatic heterocycles. The Kier molecular flexibility index (Phi) is 9.26. The van der Waals surface area contributed by atoms with Gasteiger partial charge in [-0.05, 0) is 65.4 Å². The van der Waals surface area contributed by atoms with Crippen molar-refractivity contribution in [1.82, 2.24) is 0 Å². The highest BCUT2D eigenvalue weighted by Crippen LogP contribution is 2.12. The van der Waals surface area contributed by atoms with E-state index in [4.69, 9.17) is 0 Å². The molecule has 0 amide bonds. The standard InChI is InChI=1S/C17H28O/c1-14(2)8-6-9-15(3)10-7-11-16(4)12-13-17(5)18/h8,10,12-13,16H,6-7,9,11H2,1-5H3/b13-12+,15-10?. The second kappa shape index (κ2) is 9.87. The molecule has 0 N–H and O–H groups in total. The smallest absolute Gasteiger partial charge is 0.152 e. The second-order valence-corrected chi connectivity index (χ2v) is 5.40. The van der Waals surface area contributed by atoms with E-state index >= 15 is 0 Å². The number of ketones is 1. The normalized spacial score (nSPS) is 13.7. The van der Waals surface area contributed by atoms with Crippen molar-refractivity contribution in [3.05, 3.63) is 35.5 Å². The molecule has 102 valence electrons. The van der Waals surface area contributed by atoms with E-state index in [1.54, 1.807) is 13.0 Å². The molecule has 0 aliphatic carbocycles. The van der Waals surface area contributed by atoms with Crippen molar-refractivity contribution < 1.29 is 4.79 Å². The van der Waals surface area contributed by atoms with Crippen LogP contribution >= 0.6 is 0 Å². The fourth-order valence-electron chi connectivity index (χ4n) is 1.68. The summed E-state index contributed by atoms with van der Waals surface area (Å²) in [4.78, 5) is 10.8. The predicted molar refractivity (Wildman–Crippen MR) is 80.6 cm³/mol. The number of hydrogen-bond acceptors (Lipinski definition) is 1. The molecule has 0 rings (SSSR count). The molecule has 0 aliphatic rings. The largest absolute Gasteiger partial charge is 0.295 e. The third-order valence-electron chi connectivity index (χ3n) is 2.87. The highest BCUT2D eigenvalue weighted by molar-refractivity contribution is 5.87. The zero-order valence-electron chi connectivity index (χ0n) is 12.6. The van der Waals surface area contributed by atoms with Gasteiger partial charge in [-0.1, -0.05) is 36.3 Å². The Morgan fingerprint density at radius 2 is 1.72 bits per heavy atom. The summed E-state index contributed by atoms with van der Waals surface area (Å²) in [5, 5.41) is 0. The molecule has 0 heterocycles. The van der Waals surface area contributed by atoms with Crippen LogP contribution in [0, 0.1) is 5.92 Å². The summed E-state index contributed by atoms with van der Waals surface area (Å²) in [6, 6.07) is 0. The van der Waals surface area contributed by atoms with Gasteiger partial charge in [0, 0.05) is 0 Å². The lowest BCUT2D eigenvalue weighted by molar-refractivity contribution is -0.112. The molecule has 18 heavy (non-hydrogen) atoms. The number of carbonyl (C=O) groups is 1. The quantitative estimate of drug-likeness (QED) is 0.424. The molecule has 1 heteroatoms. The van der Waals surface area contributed by atoms with E-state index in [1.165, 1.54) is 11.1 Å². The van der Waals surface area contributed by atoms with Crippen molar-refractivity contribution in [2.24, 2.45) is 5.92 Å². The van der Waals surface area contributed by atoms with Crippen LogP contribution in [0.25, 0.3) is 0 Å². The second-order valence-electron chi connectivity index (χ2n) is 5.40. The average Bonchev–Trinajstić information content (AvgIpc) is 2.25. The SMILES string of the molecule is CC(=O)/C=C/C(C)CCC=C(C)CCC=C(C)C. The van der Waals surface area contributed by atoms with Crippen molar-refractivity contribution in [3.8, 4) is 0 Å². The molecule has 0 aromatic rings. The lowest BCUT2D eigenvalue weighted by Gasteiger charge is -2.04. The van der Waals surface area contributed by atoms with E-state index in [-0.39, 0.29) is 5.78 Å². The van der Waals surface area contributed by atoms with Crippen LogP contribution < -0.4 is 0 Å². The van der Waals surface area contributed by atoms with E-state index in [0.29, 0.717) is 5.92 Å². The van der Waals surface area contributed by atoms with Gasteiger partial charge in [-0.25, -0.2) is 0 Å². The van der Waals surface area contributed by atoms with Gasteiger partial charge in [0.05, 0.1) is 0 Å². The number of rotatable bonds is 8. The Hall–Kier alpha value is -1.11. The summed E-state index contributed by atoms with van der Waals surface area (Å²) in [6.07, 6.45) is 12.8. The van der Waals surface area contributed by atoms with Gasteiger partial charge in [0.15, 0.2) is 5.78 Å². The molecular weight excluding hydrogens is 220 g/mol. The highest BCUT2D eigenvalue weighted by atomic mass is 16.1. The Bertz CT molecular complexity index is 328. The van der Waals surface area contributed by atoms with Crippen LogP contribution in [0.15, 0.2) is 35.5 Å². The molecule has 0 bridgehead atoms. The molecule has 0 saturated carbocycles. The number of hydrogen-bond donors (Lipinski definition) is 0. The molecule has 1 atom stereocenters. The van der Waals surface area contributed by atoms with E-state index in [9.17, 15) is 4.79 Å². The first kappa shape index (κ1) is 16.9. The summed E-state index contributed by atoms with van der Waals surface area (Å²) in [5.41, 5.74) is 2.86. The van der Waals surface area contributed by atoms with E-state index in [2.05, 4.69) is 39.8 Å². The van der Waals surface area contributed by atoms with Crippen molar-refractivity contribution in [3.63, 3.8) is 0 Å². The van der Waals surface area contributed by atoms with Gasteiger partial charge in [0.25, 0.3) is 0 Å². The van der Waals surface area contributed by atoms with Crippen molar-refractivity contribution in [2.45, 2.75) is 60.3 Å². The van der Waals surface area contributed by atoms with Crippen LogP contribution in [0.2, 0.25) is 0 Å². The fourth-order valence-corrected chi connectivity index (χ4v) is 1.68. The minimum Gasteiger partial charge on any atom is -0.295 e. The molecule has 0 aromatic carbocycles. The average molecular weight is 248 g/mol. The van der Waals surface area contributed by atoms with Gasteiger partial charge in [-0.15, -0.1) is 0 Å². The first-order valence-electron chi connectivity index (χ1n) is 6.89. The molecule has 0 spiro atoms. The van der Waals surface area contributed by atoms with Crippen molar-refractivity contribution >= 4 is 5.78 Å². The summed E-state index contributed by atoms with van der Waals surface area (Å²) < 4.78 is 0. The number of allylic oxidation sites excluding steroid dienone is 6.